The maximum absolute atomic E-state index is 12.8. The van der Waals surface area contributed by atoms with Gasteiger partial charge in [0.15, 0.2) is 0 Å². The number of carbonyl (C=O) groups is 1. The predicted molar refractivity (Wildman–Crippen MR) is 110 cm³/mol. The highest BCUT2D eigenvalue weighted by Gasteiger charge is 2.25. The maximum atomic E-state index is 12.8. The van der Waals surface area contributed by atoms with E-state index in [0.717, 1.165) is 30.8 Å². The second kappa shape index (κ2) is 8.57. The van der Waals surface area contributed by atoms with Crippen LogP contribution in [-0.2, 0) is 0 Å². The molecule has 0 aliphatic carbocycles. The number of nitrogens with one attached hydrogen (secondary N) is 1. The summed E-state index contributed by atoms with van der Waals surface area (Å²) in [6, 6.07) is 14.6. The number of hydrogen-bond acceptors (Lipinski definition) is 3. The zero-order valence-electron chi connectivity index (χ0n) is 16.4. The monoisotopic (exact) mass is 366 g/mol. The second-order valence-electron chi connectivity index (χ2n) is 8.13. The topological polar surface area (TPSA) is 52.6 Å². The molecule has 0 aromatic heterocycles. The highest BCUT2D eigenvalue weighted by molar-refractivity contribution is 5.96. The highest BCUT2D eigenvalue weighted by Crippen LogP contribution is 2.29. The van der Waals surface area contributed by atoms with Crippen molar-refractivity contribution in [2.75, 3.05) is 19.6 Å². The van der Waals surface area contributed by atoms with E-state index in [9.17, 15) is 9.90 Å². The van der Waals surface area contributed by atoms with Gasteiger partial charge in [0.05, 0.1) is 0 Å². The first-order valence-electron chi connectivity index (χ1n) is 9.88. The van der Waals surface area contributed by atoms with Crippen LogP contribution in [0, 0.1) is 0 Å². The fourth-order valence-corrected chi connectivity index (χ4v) is 3.82. The number of likely N-dealkylation sites (tertiary alicyclic amines) is 1. The molecule has 1 aliphatic heterocycles. The van der Waals surface area contributed by atoms with E-state index in [4.69, 9.17) is 0 Å². The highest BCUT2D eigenvalue weighted by atomic mass is 16.3. The van der Waals surface area contributed by atoms with Crippen LogP contribution in [0.5, 0.6) is 5.75 Å². The van der Waals surface area contributed by atoms with Gasteiger partial charge in [-0.2, -0.15) is 0 Å². The molecule has 0 spiro atoms. The van der Waals surface area contributed by atoms with E-state index in [1.807, 2.05) is 36.4 Å². The summed E-state index contributed by atoms with van der Waals surface area (Å²) >= 11 is 0. The predicted octanol–water partition coefficient (Wildman–Crippen LogP) is 4.44. The molecule has 2 N–H and O–H groups in total. The number of amides is 1. The molecular formula is C23H30N2O2. The summed E-state index contributed by atoms with van der Waals surface area (Å²) in [5.41, 5.74) is 1.88. The van der Waals surface area contributed by atoms with E-state index in [1.54, 1.807) is 12.1 Å². The van der Waals surface area contributed by atoms with Crippen LogP contribution in [0.2, 0.25) is 0 Å². The summed E-state index contributed by atoms with van der Waals surface area (Å²) in [5, 5.41) is 13.3. The average Bonchev–Trinajstić information content (AvgIpc) is 2.90. The van der Waals surface area contributed by atoms with Gasteiger partial charge in [0, 0.05) is 23.2 Å². The van der Waals surface area contributed by atoms with Crippen molar-refractivity contribution < 1.29 is 9.90 Å². The molecule has 4 nitrogen and oxygen atoms in total. The first kappa shape index (κ1) is 19.4. The lowest BCUT2D eigenvalue weighted by Gasteiger charge is -2.33. The van der Waals surface area contributed by atoms with Crippen molar-refractivity contribution in [3.63, 3.8) is 0 Å². The Hall–Kier alpha value is -2.33. The van der Waals surface area contributed by atoms with Gasteiger partial charge in [0.1, 0.15) is 5.75 Å². The van der Waals surface area contributed by atoms with E-state index < -0.39 is 0 Å². The summed E-state index contributed by atoms with van der Waals surface area (Å²) < 4.78 is 0. The van der Waals surface area contributed by atoms with Crippen molar-refractivity contribution in [1.82, 2.24) is 10.2 Å². The van der Waals surface area contributed by atoms with E-state index in [2.05, 4.69) is 24.1 Å². The first-order chi connectivity index (χ1) is 12.9. The average molecular weight is 367 g/mol. The normalized spacial score (nSPS) is 15.9. The quantitative estimate of drug-likeness (QED) is 0.822. The molecule has 0 radical (unpaired) electrons. The minimum atomic E-state index is -0.299. The number of rotatable bonds is 5. The number of benzene rings is 2. The molecule has 1 amide bonds. The summed E-state index contributed by atoms with van der Waals surface area (Å²) in [6.45, 7) is 7.26. The Bertz CT molecular complexity index is 777. The number of nitrogens with zero attached hydrogens (tertiary/aromatic N) is 1. The van der Waals surface area contributed by atoms with Crippen molar-refractivity contribution in [2.24, 2.45) is 0 Å². The van der Waals surface area contributed by atoms with E-state index in [0.29, 0.717) is 5.56 Å². The zero-order valence-corrected chi connectivity index (χ0v) is 16.4. The SMILES string of the molecule is CC(C)(CN1CCCCCC1)NC(=O)c1cccc(-c2ccccc2O)c1. The van der Waals surface area contributed by atoms with Crippen LogP contribution < -0.4 is 5.32 Å². The molecule has 144 valence electrons. The van der Waals surface area contributed by atoms with Crippen molar-refractivity contribution in [3.05, 3.63) is 54.1 Å². The van der Waals surface area contributed by atoms with E-state index >= 15 is 0 Å². The Labute approximate surface area is 162 Å². The Balaban J connectivity index is 1.70. The summed E-state index contributed by atoms with van der Waals surface area (Å²) in [4.78, 5) is 15.3. The molecule has 0 atom stereocenters. The molecule has 0 unspecified atom stereocenters. The Morgan fingerprint density at radius 2 is 1.74 bits per heavy atom. The number of carbonyl (C=O) groups excluding carboxylic acids is 1. The van der Waals surface area contributed by atoms with Crippen LogP contribution in [0.1, 0.15) is 49.9 Å². The molecule has 1 saturated heterocycles. The third kappa shape index (κ3) is 5.33. The van der Waals surface area contributed by atoms with Gasteiger partial charge in [-0.1, -0.05) is 43.2 Å². The van der Waals surface area contributed by atoms with Gasteiger partial charge in [-0.05, 0) is 63.5 Å². The van der Waals surface area contributed by atoms with Crippen LogP contribution in [0.4, 0.5) is 0 Å². The number of para-hydroxylation sites is 1. The van der Waals surface area contributed by atoms with Gasteiger partial charge < -0.3 is 15.3 Å². The first-order valence-corrected chi connectivity index (χ1v) is 9.88. The number of hydrogen-bond donors (Lipinski definition) is 2. The Morgan fingerprint density at radius 3 is 2.44 bits per heavy atom. The lowest BCUT2D eigenvalue weighted by molar-refractivity contribution is 0.0888. The molecule has 2 aromatic rings. The molecule has 2 aromatic carbocycles. The summed E-state index contributed by atoms with van der Waals surface area (Å²) in [7, 11) is 0. The Kier molecular flexibility index (Phi) is 6.17. The molecule has 1 aliphatic rings. The van der Waals surface area contributed by atoms with Crippen molar-refractivity contribution in [2.45, 2.75) is 45.1 Å². The standard InChI is InChI=1S/C23H30N2O2/c1-23(2,17-25-14-7-3-4-8-15-25)24-22(27)19-11-9-10-18(16-19)20-12-5-6-13-21(20)26/h5-6,9-13,16,26H,3-4,7-8,14-15,17H2,1-2H3,(H,24,27). The molecule has 3 rings (SSSR count). The van der Waals surface area contributed by atoms with Gasteiger partial charge in [-0.25, -0.2) is 0 Å². The van der Waals surface area contributed by atoms with Crippen LogP contribution in [0.15, 0.2) is 48.5 Å². The number of phenolic OH excluding ortho intramolecular Hbond substituents is 1. The molecular weight excluding hydrogens is 336 g/mol. The molecule has 0 bridgehead atoms. The van der Waals surface area contributed by atoms with Gasteiger partial charge in [-0.15, -0.1) is 0 Å². The molecule has 27 heavy (non-hydrogen) atoms. The molecule has 1 fully saturated rings. The van der Waals surface area contributed by atoms with Gasteiger partial charge in [0.2, 0.25) is 0 Å². The van der Waals surface area contributed by atoms with Gasteiger partial charge in [0.25, 0.3) is 5.91 Å². The third-order valence-corrected chi connectivity index (χ3v) is 5.11. The maximum Gasteiger partial charge on any atom is 0.251 e. The Morgan fingerprint density at radius 1 is 1.04 bits per heavy atom. The number of aromatic hydroxyl groups is 1. The van der Waals surface area contributed by atoms with E-state index in [1.165, 1.54) is 25.7 Å². The van der Waals surface area contributed by atoms with Gasteiger partial charge in [-0.3, -0.25) is 4.79 Å². The number of phenols is 1. The zero-order chi connectivity index (χ0) is 19.3. The largest absolute Gasteiger partial charge is 0.507 e. The van der Waals surface area contributed by atoms with Crippen LogP contribution in [0.3, 0.4) is 0 Å². The fraction of sp³-hybridized carbons (Fsp3) is 0.435. The van der Waals surface area contributed by atoms with Crippen LogP contribution in [-0.4, -0.2) is 41.1 Å². The minimum absolute atomic E-state index is 0.0768. The summed E-state index contributed by atoms with van der Waals surface area (Å²) in [6.07, 6.45) is 5.10. The van der Waals surface area contributed by atoms with Gasteiger partial charge >= 0.3 is 0 Å². The molecule has 4 heteroatoms. The van der Waals surface area contributed by atoms with Crippen molar-refractivity contribution >= 4 is 5.91 Å². The third-order valence-electron chi connectivity index (χ3n) is 5.11. The second-order valence-corrected chi connectivity index (χ2v) is 8.13. The minimum Gasteiger partial charge on any atom is -0.507 e. The molecule has 0 saturated carbocycles. The van der Waals surface area contributed by atoms with E-state index in [-0.39, 0.29) is 17.2 Å². The summed E-state index contributed by atoms with van der Waals surface area (Å²) in [5.74, 6) is 0.142. The fourth-order valence-electron chi connectivity index (χ4n) is 3.82. The van der Waals surface area contributed by atoms with Crippen molar-refractivity contribution in [3.8, 4) is 16.9 Å². The lowest BCUT2D eigenvalue weighted by atomic mass is 10.00. The van der Waals surface area contributed by atoms with Crippen LogP contribution >= 0.6 is 0 Å². The van der Waals surface area contributed by atoms with Crippen LogP contribution in [0.25, 0.3) is 11.1 Å². The lowest BCUT2D eigenvalue weighted by Crippen LogP contribution is -2.51. The van der Waals surface area contributed by atoms with Crippen molar-refractivity contribution in [1.29, 1.82) is 0 Å². The molecule has 1 heterocycles. The smallest absolute Gasteiger partial charge is 0.251 e.